The fourth-order valence-electron chi connectivity index (χ4n) is 1.52. The van der Waals surface area contributed by atoms with Gasteiger partial charge in [0.15, 0.2) is 0 Å². The molecule has 0 atom stereocenters. The van der Waals surface area contributed by atoms with Gasteiger partial charge in [-0.1, -0.05) is 6.42 Å². The number of nitrogens with one attached hydrogen (secondary N) is 1. The summed E-state index contributed by atoms with van der Waals surface area (Å²) in [4.78, 5) is 11.7. The van der Waals surface area contributed by atoms with Crippen LogP contribution in [0.15, 0.2) is 18.2 Å². The molecular weight excluding hydrogens is 251 g/mol. The van der Waals surface area contributed by atoms with Crippen LogP contribution in [0.1, 0.15) is 29.6 Å². The number of nitrogens with two attached hydrogens (primary N) is 1. The number of benzene rings is 1. The van der Waals surface area contributed by atoms with E-state index in [9.17, 15) is 9.18 Å². The zero-order valence-electron chi connectivity index (χ0n) is 10.5. The van der Waals surface area contributed by atoms with Gasteiger partial charge >= 0.3 is 0 Å². The summed E-state index contributed by atoms with van der Waals surface area (Å²) in [5.41, 5.74) is 5.72. The molecule has 0 aliphatic heterocycles. The largest absolute Gasteiger partial charge is 0.396 e. The molecule has 100 valence electrons. The summed E-state index contributed by atoms with van der Waals surface area (Å²) in [5, 5.41) is 2.77. The molecule has 1 rings (SSSR count). The minimum Gasteiger partial charge on any atom is -0.396 e. The number of carbonyl (C=O) groups is 1. The van der Waals surface area contributed by atoms with E-state index >= 15 is 0 Å². The number of anilines is 1. The predicted molar refractivity (Wildman–Crippen MR) is 75.4 cm³/mol. The van der Waals surface area contributed by atoms with Gasteiger partial charge in [0.2, 0.25) is 0 Å². The topological polar surface area (TPSA) is 55.1 Å². The van der Waals surface area contributed by atoms with Crippen LogP contribution >= 0.6 is 11.8 Å². The number of rotatable bonds is 7. The second-order valence-corrected chi connectivity index (χ2v) is 5.03. The molecule has 0 saturated carbocycles. The highest BCUT2D eigenvalue weighted by Crippen LogP contribution is 2.11. The van der Waals surface area contributed by atoms with Crippen LogP contribution in [0.25, 0.3) is 0 Å². The zero-order chi connectivity index (χ0) is 13.4. The summed E-state index contributed by atoms with van der Waals surface area (Å²) in [6, 6.07) is 4.10. The van der Waals surface area contributed by atoms with Crippen molar-refractivity contribution in [3.05, 3.63) is 29.6 Å². The minimum absolute atomic E-state index is 0.0589. The Hall–Kier alpha value is -1.23. The van der Waals surface area contributed by atoms with Crippen LogP contribution in [-0.2, 0) is 0 Å². The molecular formula is C13H19FN2OS. The molecule has 5 heteroatoms. The second kappa shape index (κ2) is 7.97. The maximum Gasteiger partial charge on any atom is 0.251 e. The van der Waals surface area contributed by atoms with Gasteiger partial charge < -0.3 is 11.1 Å². The molecule has 0 spiro atoms. The number of hydrogen-bond donors (Lipinski definition) is 2. The quantitative estimate of drug-likeness (QED) is 0.591. The van der Waals surface area contributed by atoms with E-state index in [2.05, 4.69) is 11.6 Å². The Labute approximate surface area is 111 Å². The number of nitrogen functional groups attached to an aromatic ring is 1. The van der Waals surface area contributed by atoms with Gasteiger partial charge in [-0.15, -0.1) is 0 Å². The number of thioether (sulfide) groups is 1. The Morgan fingerprint density at radius 1 is 1.39 bits per heavy atom. The van der Waals surface area contributed by atoms with Crippen LogP contribution in [0, 0.1) is 5.82 Å². The average molecular weight is 270 g/mol. The van der Waals surface area contributed by atoms with E-state index < -0.39 is 5.82 Å². The van der Waals surface area contributed by atoms with Crippen molar-refractivity contribution >= 4 is 23.4 Å². The molecule has 0 aliphatic carbocycles. The van der Waals surface area contributed by atoms with Gasteiger partial charge in [0, 0.05) is 12.1 Å². The van der Waals surface area contributed by atoms with Gasteiger partial charge in [0.25, 0.3) is 5.91 Å². The van der Waals surface area contributed by atoms with Crippen molar-refractivity contribution in [1.29, 1.82) is 0 Å². The Bertz CT molecular complexity index is 399. The first-order valence-corrected chi connectivity index (χ1v) is 7.36. The lowest BCUT2D eigenvalue weighted by atomic mass is 10.2. The summed E-state index contributed by atoms with van der Waals surface area (Å²) in [6.45, 7) is 0.624. The second-order valence-electron chi connectivity index (χ2n) is 4.05. The van der Waals surface area contributed by atoms with Gasteiger partial charge in [-0.25, -0.2) is 4.39 Å². The molecule has 1 aromatic carbocycles. The molecule has 0 heterocycles. The highest BCUT2D eigenvalue weighted by molar-refractivity contribution is 7.98. The molecule has 3 nitrogen and oxygen atoms in total. The molecule has 0 unspecified atom stereocenters. The van der Waals surface area contributed by atoms with Gasteiger partial charge in [-0.3, -0.25) is 4.79 Å². The first-order chi connectivity index (χ1) is 8.65. The maximum absolute atomic E-state index is 13.2. The fourth-order valence-corrected chi connectivity index (χ4v) is 2.01. The molecule has 0 radical (unpaired) electrons. The Balaban J connectivity index is 2.30. The Morgan fingerprint density at radius 3 is 2.83 bits per heavy atom. The van der Waals surface area contributed by atoms with Gasteiger partial charge in [0.05, 0.1) is 5.69 Å². The predicted octanol–water partition coefficient (Wildman–Crippen LogP) is 2.67. The average Bonchev–Trinajstić information content (AvgIpc) is 2.36. The number of halogens is 1. The molecule has 1 amide bonds. The van der Waals surface area contributed by atoms with Crippen molar-refractivity contribution in [2.24, 2.45) is 0 Å². The SMILES string of the molecule is CSCCCCCNC(=O)c1ccc(N)c(F)c1. The third-order valence-electron chi connectivity index (χ3n) is 2.57. The highest BCUT2D eigenvalue weighted by atomic mass is 32.2. The standard InChI is InChI=1S/C13H19FN2OS/c1-18-8-4-2-3-7-16-13(17)10-5-6-12(15)11(14)9-10/h5-6,9H,2-4,7-8,15H2,1H3,(H,16,17). The van der Waals surface area contributed by atoms with Crippen LogP contribution in [0.2, 0.25) is 0 Å². The van der Waals surface area contributed by atoms with Crippen molar-refractivity contribution in [2.45, 2.75) is 19.3 Å². The zero-order valence-corrected chi connectivity index (χ0v) is 11.4. The third kappa shape index (κ3) is 4.96. The van der Waals surface area contributed by atoms with Crippen molar-refractivity contribution in [1.82, 2.24) is 5.32 Å². The van der Waals surface area contributed by atoms with E-state index in [1.807, 2.05) is 11.8 Å². The number of carbonyl (C=O) groups excluding carboxylic acids is 1. The van der Waals surface area contributed by atoms with E-state index in [1.54, 1.807) is 0 Å². The molecule has 1 aromatic rings. The summed E-state index contributed by atoms with van der Waals surface area (Å²) >= 11 is 1.82. The molecule has 3 N–H and O–H groups in total. The van der Waals surface area contributed by atoms with E-state index in [1.165, 1.54) is 18.2 Å². The fraction of sp³-hybridized carbons (Fsp3) is 0.462. The number of hydrogen-bond acceptors (Lipinski definition) is 3. The van der Waals surface area contributed by atoms with Crippen molar-refractivity contribution in [3.63, 3.8) is 0 Å². The maximum atomic E-state index is 13.2. The molecule has 0 bridgehead atoms. The lowest BCUT2D eigenvalue weighted by Crippen LogP contribution is -2.24. The van der Waals surface area contributed by atoms with E-state index in [-0.39, 0.29) is 11.6 Å². The summed E-state index contributed by atoms with van der Waals surface area (Å²) in [7, 11) is 0. The molecule has 0 aliphatic rings. The van der Waals surface area contributed by atoms with Gasteiger partial charge in [0.1, 0.15) is 5.82 Å². The van der Waals surface area contributed by atoms with Crippen LogP contribution in [0.4, 0.5) is 10.1 Å². The normalized spacial score (nSPS) is 10.3. The first-order valence-electron chi connectivity index (χ1n) is 5.97. The van der Waals surface area contributed by atoms with Crippen molar-refractivity contribution in [3.8, 4) is 0 Å². The monoisotopic (exact) mass is 270 g/mol. The van der Waals surface area contributed by atoms with Crippen LogP contribution < -0.4 is 11.1 Å². The minimum atomic E-state index is -0.553. The molecule has 0 fully saturated rings. The number of unbranched alkanes of at least 4 members (excludes halogenated alkanes) is 2. The summed E-state index contributed by atoms with van der Waals surface area (Å²) in [6.07, 6.45) is 5.28. The molecule has 0 aromatic heterocycles. The number of amides is 1. The van der Waals surface area contributed by atoms with E-state index in [0.717, 1.165) is 25.0 Å². The van der Waals surface area contributed by atoms with E-state index in [4.69, 9.17) is 5.73 Å². The Morgan fingerprint density at radius 2 is 2.17 bits per heavy atom. The smallest absolute Gasteiger partial charge is 0.251 e. The third-order valence-corrected chi connectivity index (χ3v) is 3.27. The lowest BCUT2D eigenvalue weighted by molar-refractivity contribution is 0.0952. The van der Waals surface area contributed by atoms with Crippen LogP contribution in [-0.4, -0.2) is 24.5 Å². The lowest BCUT2D eigenvalue weighted by Gasteiger charge is -2.06. The van der Waals surface area contributed by atoms with Crippen molar-refractivity contribution in [2.75, 3.05) is 24.3 Å². The highest BCUT2D eigenvalue weighted by Gasteiger charge is 2.07. The molecule has 18 heavy (non-hydrogen) atoms. The van der Waals surface area contributed by atoms with Crippen LogP contribution in [0.5, 0.6) is 0 Å². The van der Waals surface area contributed by atoms with Gasteiger partial charge in [-0.05, 0) is 43.0 Å². The van der Waals surface area contributed by atoms with Crippen molar-refractivity contribution < 1.29 is 9.18 Å². The summed E-state index contributed by atoms with van der Waals surface area (Å²) in [5.74, 6) is 0.346. The molecule has 0 saturated heterocycles. The summed E-state index contributed by atoms with van der Waals surface area (Å²) < 4.78 is 13.2. The van der Waals surface area contributed by atoms with Crippen LogP contribution in [0.3, 0.4) is 0 Å². The van der Waals surface area contributed by atoms with E-state index in [0.29, 0.717) is 12.1 Å². The Kier molecular flexibility index (Phi) is 6.57. The first kappa shape index (κ1) is 14.8. The van der Waals surface area contributed by atoms with Gasteiger partial charge in [-0.2, -0.15) is 11.8 Å².